The summed E-state index contributed by atoms with van der Waals surface area (Å²) in [6.07, 6.45) is 0. The number of nitrogens with two attached hydrogens (primary N) is 2. The van der Waals surface area contributed by atoms with Crippen molar-refractivity contribution < 1.29 is 4.92 Å². The van der Waals surface area contributed by atoms with Gasteiger partial charge in [0.1, 0.15) is 0 Å². The molecular weight excluding hydrogens is 206 g/mol. The van der Waals surface area contributed by atoms with E-state index in [0.29, 0.717) is 5.56 Å². The van der Waals surface area contributed by atoms with Crippen molar-refractivity contribution >= 4 is 17.3 Å². The van der Waals surface area contributed by atoms with Crippen molar-refractivity contribution in [2.45, 2.75) is 6.04 Å². The molecule has 5 nitrogen and oxygen atoms in total. The number of non-ortho nitro benzene ring substituents is 1. The second kappa shape index (κ2) is 4.36. The molecule has 1 rings (SSSR count). The summed E-state index contributed by atoms with van der Waals surface area (Å²) >= 11 is 5.69. The first-order chi connectivity index (χ1) is 6.54. The highest BCUT2D eigenvalue weighted by Gasteiger charge is 2.12. The van der Waals surface area contributed by atoms with E-state index in [4.69, 9.17) is 23.1 Å². The first kappa shape index (κ1) is 10.9. The fourth-order valence-electron chi connectivity index (χ4n) is 1.05. The number of rotatable bonds is 3. The van der Waals surface area contributed by atoms with Gasteiger partial charge in [-0.2, -0.15) is 0 Å². The standard InChI is InChI=1S/C8H10ClN3O2/c9-6-1-5(8(11)4-10)2-7(3-6)12(13)14/h1-3,8H,4,10-11H2. The van der Waals surface area contributed by atoms with Crippen LogP contribution in [0.2, 0.25) is 5.02 Å². The summed E-state index contributed by atoms with van der Waals surface area (Å²) < 4.78 is 0. The van der Waals surface area contributed by atoms with Crippen LogP contribution in [-0.4, -0.2) is 11.5 Å². The molecule has 6 heteroatoms. The third-order valence-corrected chi connectivity index (χ3v) is 2.02. The quantitative estimate of drug-likeness (QED) is 0.585. The molecule has 1 aromatic rings. The lowest BCUT2D eigenvalue weighted by Gasteiger charge is -2.08. The lowest BCUT2D eigenvalue weighted by Crippen LogP contribution is -2.20. The zero-order valence-corrected chi connectivity index (χ0v) is 8.07. The second-order valence-corrected chi connectivity index (χ2v) is 3.28. The zero-order chi connectivity index (χ0) is 10.7. The molecule has 76 valence electrons. The maximum atomic E-state index is 10.5. The maximum Gasteiger partial charge on any atom is 0.271 e. The van der Waals surface area contributed by atoms with Crippen molar-refractivity contribution in [3.05, 3.63) is 38.9 Å². The Morgan fingerprint density at radius 2 is 2.14 bits per heavy atom. The topological polar surface area (TPSA) is 95.2 Å². The predicted molar refractivity (Wildman–Crippen MR) is 54.1 cm³/mol. The zero-order valence-electron chi connectivity index (χ0n) is 7.31. The first-order valence-corrected chi connectivity index (χ1v) is 4.33. The number of hydrogen-bond donors (Lipinski definition) is 2. The largest absolute Gasteiger partial charge is 0.329 e. The van der Waals surface area contributed by atoms with Gasteiger partial charge in [-0.05, 0) is 11.6 Å². The van der Waals surface area contributed by atoms with Crippen LogP contribution in [0.15, 0.2) is 18.2 Å². The number of halogens is 1. The molecule has 14 heavy (non-hydrogen) atoms. The summed E-state index contributed by atoms with van der Waals surface area (Å²) in [5.74, 6) is 0. The van der Waals surface area contributed by atoms with E-state index in [9.17, 15) is 10.1 Å². The maximum absolute atomic E-state index is 10.5. The van der Waals surface area contributed by atoms with Crippen LogP contribution < -0.4 is 11.5 Å². The smallest absolute Gasteiger partial charge is 0.271 e. The average molecular weight is 216 g/mol. The summed E-state index contributed by atoms with van der Waals surface area (Å²) in [5.41, 5.74) is 11.5. The van der Waals surface area contributed by atoms with Gasteiger partial charge in [-0.25, -0.2) is 0 Å². The molecule has 0 radical (unpaired) electrons. The summed E-state index contributed by atoms with van der Waals surface area (Å²) in [6.45, 7) is 0.220. The molecule has 1 unspecified atom stereocenters. The van der Waals surface area contributed by atoms with Crippen LogP contribution in [0.25, 0.3) is 0 Å². The van der Waals surface area contributed by atoms with Gasteiger partial charge in [-0.3, -0.25) is 10.1 Å². The third-order valence-electron chi connectivity index (χ3n) is 1.80. The van der Waals surface area contributed by atoms with Crippen molar-refractivity contribution in [3.63, 3.8) is 0 Å². The number of nitro groups is 1. The summed E-state index contributed by atoms with van der Waals surface area (Å²) in [5, 5.41) is 10.8. The van der Waals surface area contributed by atoms with Crippen LogP contribution in [0.5, 0.6) is 0 Å². The molecule has 0 fully saturated rings. The van der Waals surface area contributed by atoms with Crippen LogP contribution in [-0.2, 0) is 0 Å². The summed E-state index contributed by atoms with van der Waals surface area (Å²) in [6, 6.07) is 3.80. The Hall–Kier alpha value is -1.17. The van der Waals surface area contributed by atoms with Gasteiger partial charge in [0.25, 0.3) is 5.69 Å². The molecule has 0 saturated carbocycles. The highest BCUT2D eigenvalue weighted by molar-refractivity contribution is 6.30. The highest BCUT2D eigenvalue weighted by Crippen LogP contribution is 2.23. The number of nitrogens with zero attached hydrogens (tertiary/aromatic N) is 1. The van der Waals surface area contributed by atoms with Crippen LogP contribution >= 0.6 is 11.6 Å². The van der Waals surface area contributed by atoms with E-state index < -0.39 is 11.0 Å². The predicted octanol–water partition coefficient (Wildman–Crippen LogP) is 1.21. The Balaban J connectivity index is 3.13. The minimum atomic E-state index is -0.515. The van der Waals surface area contributed by atoms with Gasteiger partial charge in [-0.15, -0.1) is 0 Å². The average Bonchev–Trinajstić information content (AvgIpc) is 2.15. The van der Waals surface area contributed by atoms with E-state index in [-0.39, 0.29) is 17.3 Å². The van der Waals surface area contributed by atoms with Crippen molar-refractivity contribution in [2.24, 2.45) is 11.5 Å². The molecule has 0 aliphatic carbocycles. The molecule has 0 heterocycles. The van der Waals surface area contributed by atoms with E-state index in [2.05, 4.69) is 0 Å². The van der Waals surface area contributed by atoms with Crippen LogP contribution in [0.4, 0.5) is 5.69 Å². The molecule has 1 atom stereocenters. The SMILES string of the molecule is NCC(N)c1cc(Cl)cc([N+](=O)[O-])c1. The molecule has 1 aromatic carbocycles. The Bertz CT molecular complexity index is 356. The van der Waals surface area contributed by atoms with Crippen molar-refractivity contribution in [1.82, 2.24) is 0 Å². The van der Waals surface area contributed by atoms with Crippen LogP contribution in [0.1, 0.15) is 11.6 Å². The highest BCUT2D eigenvalue weighted by atomic mass is 35.5. The van der Waals surface area contributed by atoms with E-state index in [1.807, 2.05) is 0 Å². The number of benzene rings is 1. The van der Waals surface area contributed by atoms with Gasteiger partial charge in [0.05, 0.1) is 4.92 Å². The Morgan fingerprint density at radius 3 is 2.64 bits per heavy atom. The second-order valence-electron chi connectivity index (χ2n) is 2.84. The molecule has 0 aliphatic heterocycles. The molecule has 0 saturated heterocycles. The lowest BCUT2D eigenvalue weighted by atomic mass is 10.1. The monoisotopic (exact) mass is 215 g/mol. The van der Waals surface area contributed by atoms with Gasteiger partial charge < -0.3 is 11.5 Å². The Morgan fingerprint density at radius 1 is 1.50 bits per heavy atom. The fraction of sp³-hybridized carbons (Fsp3) is 0.250. The molecule has 0 spiro atoms. The van der Waals surface area contributed by atoms with Gasteiger partial charge in [-0.1, -0.05) is 11.6 Å². The van der Waals surface area contributed by atoms with E-state index in [0.717, 1.165) is 0 Å². The molecular formula is C8H10ClN3O2. The van der Waals surface area contributed by atoms with Gasteiger partial charge in [0.15, 0.2) is 0 Å². The minimum absolute atomic E-state index is 0.0728. The third kappa shape index (κ3) is 2.41. The molecule has 0 aromatic heterocycles. The van der Waals surface area contributed by atoms with E-state index in [1.165, 1.54) is 12.1 Å². The molecule has 4 N–H and O–H groups in total. The van der Waals surface area contributed by atoms with E-state index >= 15 is 0 Å². The molecule has 0 aliphatic rings. The van der Waals surface area contributed by atoms with Crippen molar-refractivity contribution in [1.29, 1.82) is 0 Å². The number of nitro benzene ring substituents is 1. The lowest BCUT2D eigenvalue weighted by molar-refractivity contribution is -0.384. The van der Waals surface area contributed by atoms with E-state index in [1.54, 1.807) is 6.07 Å². The normalized spacial score (nSPS) is 12.5. The molecule has 0 amide bonds. The number of hydrogen-bond acceptors (Lipinski definition) is 4. The Labute approximate surface area is 85.8 Å². The Kier molecular flexibility index (Phi) is 3.40. The van der Waals surface area contributed by atoms with Crippen LogP contribution in [0.3, 0.4) is 0 Å². The van der Waals surface area contributed by atoms with Crippen molar-refractivity contribution in [2.75, 3.05) is 6.54 Å². The van der Waals surface area contributed by atoms with Gasteiger partial charge in [0.2, 0.25) is 0 Å². The van der Waals surface area contributed by atoms with Gasteiger partial charge >= 0.3 is 0 Å². The fourth-order valence-corrected chi connectivity index (χ4v) is 1.29. The van der Waals surface area contributed by atoms with Crippen molar-refractivity contribution in [3.8, 4) is 0 Å². The minimum Gasteiger partial charge on any atom is -0.329 e. The summed E-state index contributed by atoms with van der Waals surface area (Å²) in [4.78, 5) is 9.98. The van der Waals surface area contributed by atoms with Crippen LogP contribution in [0, 0.1) is 10.1 Å². The first-order valence-electron chi connectivity index (χ1n) is 3.95. The summed E-state index contributed by atoms with van der Waals surface area (Å²) in [7, 11) is 0. The van der Waals surface area contributed by atoms with Gasteiger partial charge in [0, 0.05) is 29.7 Å². The molecule has 0 bridgehead atoms.